The number of hydrogen-bond donors (Lipinski definition) is 0. The quantitative estimate of drug-likeness (QED) is 0.600. The Balaban J connectivity index is 2.05. The van der Waals surface area contributed by atoms with E-state index in [1.807, 2.05) is 18.2 Å². The lowest BCUT2D eigenvalue weighted by molar-refractivity contribution is 0.298. The molecule has 1 aromatic carbocycles. The molecule has 0 unspecified atom stereocenters. The maximum atomic E-state index is 5.91. The van der Waals surface area contributed by atoms with Crippen molar-refractivity contribution in [1.82, 2.24) is 0 Å². The summed E-state index contributed by atoms with van der Waals surface area (Å²) < 4.78 is 6.69. The van der Waals surface area contributed by atoms with Crippen LogP contribution < -0.4 is 4.74 Å². The molecule has 0 heterocycles. The van der Waals surface area contributed by atoms with Gasteiger partial charge >= 0.3 is 0 Å². The van der Waals surface area contributed by atoms with Crippen molar-refractivity contribution < 1.29 is 4.74 Å². The minimum absolute atomic E-state index is 0.787. The van der Waals surface area contributed by atoms with Gasteiger partial charge in [0.1, 0.15) is 5.75 Å². The standard InChI is InChI=1S/C11H12ClIO/c12-10-3-4-11(9(5-10)6-13)14-7-8-1-2-8/h3-5,8H,1-2,6-7H2. The molecule has 1 aliphatic carbocycles. The number of hydrogen-bond acceptors (Lipinski definition) is 1. The molecule has 0 N–H and O–H groups in total. The number of halogens is 2. The van der Waals surface area contributed by atoms with Gasteiger partial charge in [-0.25, -0.2) is 0 Å². The van der Waals surface area contributed by atoms with Crippen LogP contribution >= 0.6 is 34.2 Å². The SMILES string of the molecule is Clc1ccc(OCC2CC2)c(CI)c1. The van der Waals surface area contributed by atoms with E-state index in [1.165, 1.54) is 18.4 Å². The Morgan fingerprint density at radius 1 is 1.43 bits per heavy atom. The van der Waals surface area contributed by atoms with E-state index in [-0.39, 0.29) is 0 Å². The van der Waals surface area contributed by atoms with Crippen LogP contribution in [-0.4, -0.2) is 6.61 Å². The van der Waals surface area contributed by atoms with Crippen LogP contribution in [0.15, 0.2) is 18.2 Å². The molecule has 2 rings (SSSR count). The minimum Gasteiger partial charge on any atom is -0.493 e. The van der Waals surface area contributed by atoms with E-state index in [1.54, 1.807) is 0 Å². The maximum Gasteiger partial charge on any atom is 0.123 e. The molecule has 0 atom stereocenters. The van der Waals surface area contributed by atoms with Crippen molar-refractivity contribution in [2.24, 2.45) is 5.92 Å². The van der Waals surface area contributed by atoms with E-state index in [0.717, 1.165) is 27.7 Å². The van der Waals surface area contributed by atoms with Gasteiger partial charge in [-0.15, -0.1) is 0 Å². The van der Waals surface area contributed by atoms with Gasteiger partial charge in [-0.2, -0.15) is 0 Å². The Hall–Kier alpha value is 0.0400. The molecule has 1 saturated carbocycles. The van der Waals surface area contributed by atoms with Crippen molar-refractivity contribution in [3.05, 3.63) is 28.8 Å². The molecule has 1 aromatic rings. The molecule has 0 bridgehead atoms. The zero-order chi connectivity index (χ0) is 9.97. The molecule has 76 valence electrons. The molecule has 0 aromatic heterocycles. The van der Waals surface area contributed by atoms with Gasteiger partial charge in [0, 0.05) is 15.0 Å². The molecule has 1 aliphatic rings. The molecule has 3 heteroatoms. The Bertz CT molecular complexity index is 323. The predicted molar refractivity (Wildman–Crippen MR) is 67.4 cm³/mol. The summed E-state index contributed by atoms with van der Waals surface area (Å²) >= 11 is 8.24. The summed E-state index contributed by atoms with van der Waals surface area (Å²) in [4.78, 5) is 0. The van der Waals surface area contributed by atoms with E-state index in [9.17, 15) is 0 Å². The summed E-state index contributed by atoms with van der Waals surface area (Å²) in [7, 11) is 0. The van der Waals surface area contributed by atoms with Gasteiger partial charge in [-0.05, 0) is 37.0 Å². The summed E-state index contributed by atoms with van der Waals surface area (Å²) in [6.45, 7) is 0.866. The molecule has 0 aliphatic heterocycles. The fourth-order valence-corrected chi connectivity index (χ4v) is 2.08. The first-order valence-corrected chi connectivity index (χ1v) is 6.67. The van der Waals surface area contributed by atoms with Crippen molar-refractivity contribution >= 4 is 34.2 Å². The first-order chi connectivity index (χ1) is 6.79. The number of ether oxygens (including phenoxy) is 1. The van der Waals surface area contributed by atoms with E-state index < -0.39 is 0 Å². The highest BCUT2D eigenvalue weighted by Crippen LogP contribution is 2.31. The van der Waals surface area contributed by atoms with Gasteiger partial charge < -0.3 is 4.74 Å². The van der Waals surface area contributed by atoms with Crippen molar-refractivity contribution in [3.63, 3.8) is 0 Å². The molecule has 1 nitrogen and oxygen atoms in total. The highest BCUT2D eigenvalue weighted by atomic mass is 127. The topological polar surface area (TPSA) is 9.23 Å². The Kier molecular flexibility index (Phi) is 3.55. The third-order valence-electron chi connectivity index (χ3n) is 2.34. The lowest BCUT2D eigenvalue weighted by Gasteiger charge is -2.09. The minimum atomic E-state index is 0.787. The van der Waals surface area contributed by atoms with Crippen LogP contribution in [0, 0.1) is 5.92 Å². The zero-order valence-corrected chi connectivity index (χ0v) is 10.7. The lowest BCUT2D eigenvalue weighted by Crippen LogP contribution is -2.00. The predicted octanol–water partition coefficient (Wildman–Crippen LogP) is 4.06. The summed E-state index contributed by atoms with van der Waals surface area (Å²) in [5, 5.41) is 0.787. The van der Waals surface area contributed by atoms with Crippen LogP contribution in [0.2, 0.25) is 5.02 Å². The Labute approximate surface area is 103 Å². The molecule has 0 radical (unpaired) electrons. The number of rotatable bonds is 4. The van der Waals surface area contributed by atoms with Gasteiger partial charge in [0.05, 0.1) is 6.61 Å². The Morgan fingerprint density at radius 3 is 2.86 bits per heavy atom. The summed E-state index contributed by atoms with van der Waals surface area (Å²) in [5.74, 6) is 1.79. The van der Waals surface area contributed by atoms with Gasteiger partial charge in [0.2, 0.25) is 0 Å². The first kappa shape index (κ1) is 10.6. The third kappa shape index (κ3) is 2.76. The highest BCUT2D eigenvalue weighted by molar-refractivity contribution is 14.1. The van der Waals surface area contributed by atoms with Crippen LogP contribution in [0.4, 0.5) is 0 Å². The normalized spacial score (nSPS) is 15.6. The second-order valence-electron chi connectivity index (χ2n) is 3.64. The fraction of sp³-hybridized carbons (Fsp3) is 0.455. The second-order valence-corrected chi connectivity index (χ2v) is 4.84. The molecule has 0 spiro atoms. The fourth-order valence-electron chi connectivity index (χ4n) is 1.29. The monoisotopic (exact) mass is 322 g/mol. The average Bonchev–Trinajstić information content (AvgIpc) is 2.99. The van der Waals surface area contributed by atoms with Crippen molar-refractivity contribution in [1.29, 1.82) is 0 Å². The largest absolute Gasteiger partial charge is 0.493 e. The highest BCUT2D eigenvalue weighted by Gasteiger charge is 2.22. The maximum absolute atomic E-state index is 5.91. The van der Waals surface area contributed by atoms with E-state index >= 15 is 0 Å². The molecule has 1 fully saturated rings. The van der Waals surface area contributed by atoms with Crippen molar-refractivity contribution in [3.8, 4) is 5.75 Å². The van der Waals surface area contributed by atoms with Crippen molar-refractivity contribution in [2.45, 2.75) is 17.3 Å². The number of alkyl halides is 1. The summed E-state index contributed by atoms with van der Waals surface area (Å²) in [6.07, 6.45) is 2.65. The van der Waals surface area contributed by atoms with Crippen LogP contribution in [0.3, 0.4) is 0 Å². The van der Waals surface area contributed by atoms with Crippen molar-refractivity contribution in [2.75, 3.05) is 6.61 Å². The molecule has 0 saturated heterocycles. The van der Waals surface area contributed by atoms with Gasteiger partial charge in [-0.1, -0.05) is 34.2 Å². The van der Waals surface area contributed by atoms with Crippen LogP contribution in [0.25, 0.3) is 0 Å². The molecule has 14 heavy (non-hydrogen) atoms. The molecular formula is C11H12ClIO. The smallest absolute Gasteiger partial charge is 0.123 e. The second kappa shape index (κ2) is 4.71. The molecule has 0 amide bonds. The molecular weight excluding hydrogens is 310 g/mol. The van der Waals surface area contributed by atoms with E-state index in [2.05, 4.69) is 22.6 Å². The lowest BCUT2D eigenvalue weighted by atomic mass is 10.2. The summed E-state index contributed by atoms with van der Waals surface area (Å²) in [5.41, 5.74) is 1.19. The average molecular weight is 323 g/mol. The third-order valence-corrected chi connectivity index (χ3v) is 3.39. The van der Waals surface area contributed by atoms with Gasteiger partial charge in [0.25, 0.3) is 0 Å². The van der Waals surface area contributed by atoms with E-state index in [4.69, 9.17) is 16.3 Å². The van der Waals surface area contributed by atoms with Gasteiger partial charge in [-0.3, -0.25) is 0 Å². The zero-order valence-electron chi connectivity index (χ0n) is 7.80. The Morgan fingerprint density at radius 2 is 2.21 bits per heavy atom. The van der Waals surface area contributed by atoms with Gasteiger partial charge in [0.15, 0.2) is 0 Å². The van der Waals surface area contributed by atoms with Crippen LogP contribution in [-0.2, 0) is 4.43 Å². The summed E-state index contributed by atoms with van der Waals surface area (Å²) in [6, 6.07) is 5.84. The van der Waals surface area contributed by atoms with E-state index in [0.29, 0.717) is 0 Å². The first-order valence-electron chi connectivity index (χ1n) is 4.77. The van der Waals surface area contributed by atoms with Crippen LogP contribution in [0.1, 0.15) is 18.4 Å². The number of benzene rings is 1. The van der Waals surface area contributed by atoms with Crippen LogP contribution in [0.5, 0.6) is 5.75 Å².